The number of alkyl halides is 3. The molecule has 0 saturated carbocycles. The van der Waals surface area contributed by atoms with Gasteiger partial charge in [-0.3, -0.25) is 0 Å². The van der Waals surface area contributed by atoms with Crippen LogP contribution in [0.4, 0.5) is 36.3 Å². The molecule has 3 rings (SSSR count). The van der Waals surface area contributed by atoms with Gasteiger partial charge < -0.3 is 19.7 Å². The fourth-order valence-electron chi connectivity index (χ4n) is 2.87. The fraction of sp³-hybridized carbons (Fsp3) is 0.273. The second kappa shape index (κ2) is 9.55. The lowest BCUT2D eigenvalue weighted by atomic mass is 10.2. The largest absolute Gasteiger partial charge is 0.494 e. The topological polar surface area (TPSA) is 59.5 Å². The Balaban J connectivity index is 1.91. The third-order valence-corrected chi connectivity index (χ3v) is 4.35. The van der Waals surface area contributed by atoms with Crippen molar-refractivity contribution in [2.75, 3.05) is 30.5 Å². The molecule has 0 spiro atoms. The minimum atomic E-state index is -4.60. The SMILES string of the molecule is CCOc1ccc(Nc2ncc(C(F)(F)F)c(N(C)c3ccc(OCC)cc3)n2)cc1. The molecule has 6 nitrogen and oxygen atoms in total. The number of halogens is 3. The van der Waals surface area contributed by atoms with Crippen molar-refractivity contribution in [3.05, 3.63) is 60.3 Å². The molecule has 0 radical (unpaired) electrons. The van der Waals surface area contributed by atoms with Gasteiger partial charge in [0.25, 0.3) is 0 Å². The van der Waals surface area contributed by atoms with Crippen LogP contribution in [0.25, 0.3) is 0 Å². The maximum absolute atomic E-state index is 13.6. The lowest BCUT2D eigenvalue weighted by Gasteiger charge is -2.23. The minimum Gasteiger partial charge on any atom is -0.494 e. The molecule has 31 heavy (non-hydrogen) atoms. The van der Waals surface area contributed by atoms with Crippen molar-refractivity contribution in [2.45, 2.75) is 20.0 Å². The monoisotopic (exact) mass is 432 g/mol. The highest BCUT2D eigenvalue weighted by Gasteiger charge is 2.36. The van der Waals surface area contributed by atoms with Crippen molar-refractivity contribution in [1.29, 1.82) is 0 Å². The van der Waals surface area contributed by atoms with Gasteiger partial charge in [0.2, 0.25) is 5.95 Å². The third kappa shape index (κ3) is 5.56. The zero-order chi connectivity index (χ0) is 22.4. The third-order valence-electron chi connectivity index (χ3n) is 4.35. The molecule has 0 aliphatic carbocycles. The van der Waals surface area contributed by atoms with Crippen LogP contribution in [0.1, 0.15) is 19.4 Å². The summed E-state index contributed by atoms with van der Waals surface area (Å²) in [6.45, 7) is 4.77. The molecule has 1 heterocycles. The van der Waals surface area contributed by atoms with E-state index in [4.69, 9.17) is 9.47 Å². The normalized spacial score (nSPS) is 11.2. The molecular formula is C22H23F3N4O2. The average Bonchev–Trinajstić information content (AvgIpc) is 2.75. The predicted octanol–water partition coefficient (Wildman–Crippen LogP) is 5.80. The molecule has 0 fully saturated rings. The van der Waals surface area contributed by atoms with Crippen LogP contribution in [0, 0.1) is 0 Å². The van der Waals surface area contributed by atoms with Crippen LogP contribution in [0.15, 0.2) is 54.7 Å². The highest BCUT2D eigenvalue weighted by Crippen LogP contribution is 2.38. The first-order chi connectivity index (χ1) is 14.8. The van der Waals surface area contributed by atoms with E-state index >= 15 is 0 Å². The molecule has 0 amide bonds. The van der Waals surface area contributed by atoms with E-state index in [2.05, 4.69) is 15.3 Å². The zero-order valence-electron chi connectivity index (χ0n) is 17.4. The van der Waals surface area contributed by atoms with Crippen LogP contribution in [0.2, 0.25) is 0 Å². The van der Waals surface area contributed by atoms with E-state index in [0.717, 1.165) is 6.20 Å². The van der Waals surface area contributed by atoms with Gasteiger partial charge >= 0.3 is 6.18 Å². The van der Waals surface area contributed by atoms with Gasteiger partial charge in [0, 0.05) is 24.6 Å². The number of aromatic nitrogens is 2. The number of hydrogen-bond acceptors (Lipinski definition) is 6. The first-order valence-corrected chi connectivity index (χ1v) is 9.72. The summed E-state index contributed by atoms with van der Waals surface area (Å²) in [7, 11) is 1.52. The Bertz CT molecular complexity index is 993. The Morgan fingerprint density at radius 2 is 1.45 bits per heavy atom. The van der Waals surface area contributed by atoms with Gasteiger partial charge in [0.15, 0.2) is 5.82 Å². The Hall–Kier alpha value is -3.49. The molecule has 0 unspecified atom stereocenters. The van der Waals surface area contributed by atoms with E-state index in [-0.39, 0.29) is 11.8 Å². The number of rotatable bonds is 8. The molecular weight excluding hydrogens is 409 g/mol. The van der Waals surface area contributed by atoms with Crippen LogP contribution >= 0.6 is 0 Å². The Morgan fingerprint density at radius 3 is 1.97 bits per heavy atom. The van der Waals surface area contributed by atoms with Crippen LogP contribution in [-0.4, -0.2) is 30.2 Å². The van der Waals surface area contributed by atoms with E-state index in [1.807, 2.05) is 13.8 Å². The minimum absolute atomic E-state index is 0.0462. The lowest BCUT2D eigenvalue weighted by Crippen LogP contribution is -2.19. The summed E-state index contributed by atoms with van der Waals surface area (Å²) in [6, 6.07) is 13.7. The van der Waals surface area contributed by atoms with E-state index in [1.165, 1.54) is 11.9 Å². The van der Waals surface area contributed by atoms with Crippen molar-refractivity contribution in [3.63, 3.8) is 0 Å². The molecule has 164 valence electrons. The molecule has 0 atom stereocenters. The standard InChI is InChI=1S/C22H23F3N4O2/c1-4-30-17-10-6-15(7-11-17)27-21-26-14-19(22(23,24)25)20(28-21)29(3)16-8-12-18(13-9-16)31-5-2/h6-14H,4-5H2,1-3H3,(H,26,27,28). The smallest absolute Gasteiger partial charge is 0.421 e. The first kappa shape index (κ1) is 22.2. The van der Waals surface area contributed by atoms with E-state index in [9.17, 15) is 13.2 Å². The molecule has 2 aromatic carbocycles. The van der Waals surface area contributed by atoms with Crippen molar-refractivity contribution < 1.29 is 22.6 Å². The summed E-state index contributed by atoms with van der Waals surface area (Å²) in [5, 5.41) is 2.93. The summed E-state index contributed by atoms with van der Waals surface area (Å²) in [5.41, 5.74) is 0.221. The van der Waals surface area contributed by atoms with Crippen molar-refractivity contribution in [1.82, 2.24) is 9.97 Å². The number of benzene rings is 2. The second-order valence-corrected chi connectivity index (χ2v) is 6.50. The zero-order valence-corrected chi connectivity index (χ0v) is 17.4. The Labute approximate surface area is 178 Å². The number of nitrogens with zero attached hydrogens (tertiary/aromatic N) is 3. The average molecular weight is 432 g/mol. The van der Waals surface area contributed by atoms with Gasteiger partial charge in [-0.25, -0.2) is 4.98 Å². The summed E-state index contributed by atoms with van der Waals surface area (Å²) in [5.74, 6) is 1.11. The van der Waals surface area contributed by atoms with E-state index in [1.54, 1.807) is 48.5 Å². The van der Waals surface area contributed by atoms with Crippen molar-refractivity contribution in [3.8, 4) is 11.5 Å². The Kier molecular flexibility index (Phi) is 6.84. The molecule has 3 aromatic rings. The molecule has 9 heteroatoms. The molecule has 0 saturated heterocycles. The van der Waals surface area contributed by atoms with Crippen LogP contribution in [0.3, 0.4) is 0 Å². The quantitative estimate of drug-likeness (QED) is 0.485. The molecule has 0 aliphatic rings. The highest BCUT2D eigenvalue weighted by atomic mass is 19.4. The summed E-state index contributed by atoms with van der Waals surface area (Å²) in [6.07, 6.45) is -3.82. The number of nitrogens with one attached hydrogen (secondary N) is 1. The fourth-order valence-corrected chi connectivity index (χ4v) is 2.87. The maximum atomic E-state index is 13.6. The van der Waals surface area contributed by atoms with Gasteiger partial charge in [-0.1, -0.05) is 0 Å². The predicted molar refractivity (Wildman–Crippen MR) is 114 cm³/mol. The summed E-state index contributed by atoms with van der Waals surface area (Å²) >= 11 is 0. The number of anilines is 4. The highest BCUT2D eigenvalue weighted by molar-refractivity contribution is 5.65. The molecule has 1 aromatic heterocycles. The van der Waals surface area contributed by atoms with Crippen LogP contribution < -0.4 is 19.7 Å². The Morgan fingerprint density at radius 1 is 0.903 bits per heavy atom. The number of hydrogen-bond donors (Lipinski definition) is 1. The van der Waals surface area contributed by atoms with Gasteiger partial charge in [0.1, 0.15) is 17.1 Å². The second-order valence-electron chi connectivity index (χ2n) is 6.50. The van der Waals surface area contributed by atoms with Crippen molar-refractivity contribution >= 4 is 23.1 Å². The first-order valence-electron chi connectivity index (χ1n) is 9.72. The molecule has 0 aliphatic heterocycles. The van der Waals surface area contributed by atoms with Gasteiger partial charge in [-0.15, -0.1) is 0 Å². The number of ether oxygens (including phenoxy) is 2. The molecule has 1 N–H and O–H groups in total. The van der Waals surface area contributed by atoms with Gasteiger partial charge in [-0.2, -0.15) is 18.2 Å². The van der Waals surface area contributed by atoms with Crippen LogP contribution in [0.5, 0.6) is 11.5 Å². The molecule has 0 bridgehead atoms. The van der Waals surface area contributed by atoms with Gasteiger partial charge in [-0.05, 0) is 62.4 Å². The van der Waals surface area contributed by atoms with E-state index in [0.29, 0.717) is 36.1 Å². The van der Waals surface area contributed by atoms with E-state index < -0.39 is 11.7 Å². The van der Waals surface area contributed by atoms with Crippen LogP contribution in [-0.2, 0) is 6.18 Å². The maximum Gasteiger partial charge on any atom is 0.421 e. The van der Waals surface area contributed by atoms with Crippen molar-refractivity contribution in [2.24, 2.45) is 0 Å². The van der Waals surface area contributed by atoms with Gasteiger partial charge in [0.05, 0.1) is 13.2 Å². The summed E-state index contributed by atoms with van der Waals surface area (Å²) < 4.78 is 51.6. The summed E-state index contributed by atoms with van der Waals surface area (Å²) in [4.78, 5) is 9.37. The lowest BCUT2D eigenvalue weighted by molar-refractivity contribution is -0.137.